The molecule has 0 fully saturated rings. The zero-order valence-corrected chi connectivity index (χ0v) is 35.6. The molecule has 0 radical (unpaired) electrons. The molecule has 2 N–H and O–H groups in total. The van der Waals surface area contributed by atoms with Crippen LogP contribution in [0, 0.1) is 7.43 Å². The Hall–Kier alpha value is -3.30. The summed E-state index contributed by atoms with van der Waals surface area (Å²) in [7, 11) is -0.0303. The maximum absolute atomic E-state index is 12.2. The molecule has 280 valence electrons. The fourth-order valence-electron chi connectivity index (χ4n) is 5.34. The van der Waals surface area contributed by atoms with Gasteiger partial charge in [-0.25, -0.2) is 4.79 Å². The van der Waals surface area contributed by atoms with Crippen LogP contribution in [0.4, 0.5) is 0 Å². The third-order valence-corrected chi connectivity index (χ3v) is 14.3. The first kappa shape index (κ1) is 42.8. The highest BCUT2D eigenvalue weighted by Crippen LogP contribution is 2.52. The van der Waals surface area contributed by atoms with Crippen LogP contribution in [0.1, 0.15) is 15.9 Å². The lowest BCUT2D eigenvalue weighted by molar-refractivity contribution is -0.129. The van der Waals surface area contributed by atoms with Gasteiger partial charge < -0.3 is 26.9 Å². The monoisotopic (exact) mass is 907 g/mol. The number of methoxy groups -OCH3 is 1. The van der Waals surface area contributed by atoms with E-state index in [-0.39, 0.29) is 20.0 Å². The van der Waals surface area contributed by atoms with Gasteiger partial charge in [-0.1, -0.05) is 141 Å². The molecule has 55 heavy (non-hydrogen) atoms. The lowest BCUT2D eigenvalue weighted by Gasteiger charge is -2.21. The van der Waals surface area contributed by atoms with E-state index < -0.39 is 7.12 Å². The fraction of sp³-hybridized carbons (Fsp3) is 0.0488. The molecule has 0 atom stereocenters. The Morgan fingerprint density at radius 1 is 0.691 bits per heavy atom. The molecule has 6 nitrogen and oxygen atoms in total. The van der Waals surface area contributed by atoms with Crippen molar-refractivity contribution in [2.75, 3.05) is 7.11 Å². The fourth-order valence-corrected chi connectivity index (χ4v) is 10.9. The summed E-state index contributed by atoms with van der Waals surface area (Å²) in [6, 6.07) is 38.9. The number of hydrogen-bond acceptors (Lipinski definition) is 10. The molecule has 0 saturated heterocycles. The average Bonchev–Trinajstić information content (AvgIpc) is 3.19. The normalized spacial score (nSPS) is 11.6. The van der Waals surface area contributed by atoms with E-state index >= 15 is 0 Å². The maximum atomic E-state index is 12.2. The molecular formula is C41H31BBrCl2O6S4-. The number of esters is 1. The van der Waals surface area contributed by atoms with Crippen LogP contribution >= 0.6 is 86.2 Å². The van der Waals surface area contributed by atoms with Gasteiger partial charge in [-0.3, -0.25) is 4.79 Å². The predicted molar refractivity (Wildman–Crippen MR) is 230 cm³/mol. The van der Waals surface area contributed by atoms with Crippen molar-refractivity contribution in [2.45, 2.75) is 45.8 Å². The minimum atomic E-state index is -1.41. The Balaban J connectivity index is 0.000000168. The van der Waals surface area contributed by atoms with Crippen LogP contribution in [0.2, 0.25) is 10.0 Å². The van der Waals surface area contributed by atoms with Crippen LogP contribution in [0.5, 0.6) is 0 Å². The van der Waals surface area contributed by atoms with Gasteiger partial charge in [-0.15, -0.1) is 0 Å². The van der Waals surface area contributed by atoms with E-state index in [0.29, 0.717) is 27.5 Å². The van der Waals surface area contributed by atoms with Crippen LogP contribution in [-0.4, -0.2) is 36.7 Å². The molecule has 2 heterocycles. The Morgan fingerprint density at radius 3 is 1.82 bits per heavy atom. The number of halogens is 3. The van der Waals surface area contributed by atoms with E-state index in [4.69, 9.17) is 27.9 Å². The molecule has 2 aliphatic heterocycles. The average molecular weight is 910 g/mol. The van der Waals surface area contributed by atoms with E-state index in [9.17, 15) is 19.6 Å². The summed E-state index contributed by atoms with van der Waals surface area (Å²) in [5.41, 5.74) is 3.76. The van der Waals surface area contributed by atoms with Gasteiger partial charge >= 0.3 is 13.1 Å². The molecule has 0 aliphatic carbocycles. The SMILES string of the molecule is COC(=O)c1cc(Cl)ccc1-c1cccc2c1Sc1ccccc1S2.O=COCc1cc(Cl)ccc1Br.OB(O)c1cccc2c1Sc1ccccc1S2.[CH3-]. The second-order valence-corrected chi connectivity index (χ2v) is 17.3. The van der Waals surface area contributed by atoms with Crippen molar-refractivity contribution in [3.8, 4) is 11.1 Å². The first-order valence-electron chi connectivity index (χ1n) is 16.1. The summed E-state index contributed by atoms with van der Waals surface area (Å²) >= 11 is 21.9. The molecule has 0 spiro atoms. The standard InChI is InChI=1S/C20H13ClO2S2.C12H9BO2S2.C8H6BrClO2.CH3/c1-23-20(22)15-11-12(21)9-10-13(15)14-5-4-8-18-19(14)25-17-7-3-2-6-16(17)24-18;14-13(15)8-4-3-7-11-12(8)17-10-6-2-1-5-9(10)16-11;9-8-2-1-7(10)3-6(8)4-12-5-11;/h2-11H,1H3;1-7,14-15H;1-3,5H,4H2;1H3/q;;;-1. The van der Waals surface area contributed by atoms with Gasteiger partial charge in [-0.05, 0) is 83.3 Å². The second-order valence-electron chi connectivity index (χ2n) is 11.3. The molecule has 6 aromatic rings. The van der Waals surface area contributed by atoms with Crippen LogP contribution in [-0.2, 0) is 20.9 Å². The lowest BCUT2D eigenvalue weighted by Crippen LogP contribution is -2.32. The minimum Gasteiger partial charge on any atom is -0.465 e. The zero-order valence-electron chi connectivity index (χ0n) is 29.2. The number of rotatable bonds is 6. The van der Waals surface area contributed by atoms with Crippen LogP contribution in [0.3, 0.4) is 0 Å². The van der Waals surface area contributed by atoms with E-state index in [1.807, 2.05) is 54.6 Å². The van der Waals surface area contributed by atoms with Crippen molar-refractivity contribution in [3.63, 3.8) is 0 Å². The van der Waals surface area contributed by atoms with E-state index in [1.165, 1.54) is 26.7 Å². The van der Waals surface area contributed by atoms with Crippen LogP contribution in [0.25, 0.3) is 11.1 Å². The highest BCUT2D eigenvalue weighted by atomic mass is 79.9. The third kappa shape index (κ3) is 10.6. The van der Waals surface area contributed by atoms with Gasteiger partial charge in [0.2, 0.25) is 0 Å². The topological polar surface area (TPSA) is 93.1 Å². The molecule has 0 bridgehead atoms. The number of carbonyl (C=O) groups excluding carboxylic acids is 2. The quantitative estimate of drug-likeness (QED) is 0.0727. The van der Waals surface area contributed by atoms with E-state index in [2.05, 4.69) is 57.1 Å². The smallest absolute Gasteiger partial charge is 0.465 e. The van der Waals surface area contributed by atoms with E-state index in [0.717, 1.165) is 40.7 Å². The molecule has 0 aromatic heterocycles. The van der Waals surface area contributed by atoms with Gasteiger partial charge in [0.25, 0.3) is 6.47 Å². The van der Waals surface area contributed by atoms with Crippen LogP contribution < -0.4 is 5.46 Å². The van der Waals surface area contributed by atoms with Crippen molar-refractivity contribution >= 4 is 111 Å². The second kappa shape index (κ2) is 20.2. The number of hydrogen-bond donors (Lipinski definition) is 2. The Kier molecular flexibility index (Phi) is 15.8. The van der Waals surface area contributed by atoms with Gasteiger partial charge in [0, 0.05) is 59.2 Å². The van der Waals surface area contributed by atoms with Gasteiger partial charge in [0.05, 0.1) is 12.7 Å². The Labute approximate surface area is 356 Å². The van der Waals surface area contributed by atoms with Crippen LogP contribution in [0.15, 0.2) is 165 Å². The van der Waals surface area contributed by atoms with Crippen molar-refractivity contribution in [2.24, 2.45) is 0 Å². The summed E-state index contributed by atoms with van der Waals surface area (Å²) in [6.45, 7) is 0.651. The summed E-state index contributed by atoms with van der Waals surface area (Å²) in [4.78, 5) is 31.4. The van der Waals surface area contributed by atoms with Crippen molar-refractivity contribution in [1.29, 1.82) is 0 Å². The van der Waals surface area contributed by atoms with Crippen molar-refractivity contribution in [1.82, 2.24) is 0 Å². The molecule has 0 saturated carbocycles. The third-order valence-electron chi connectivity index (χ3n) is 7.82. The Bertz CT molecular complexity index is 2330. The number of carbonyl (C=O) groups is 2. The minimum absolute atomic E-state index is 0. The molecule has 0 amide bonds. The molecule has 2 aliphatic rings. The molecule has 8 rings (SSSR count). The Morgan fingerprint density at radius 2 is 1.22 bits per heavy atom. The largest absolute Gasteiger partial charge is 0.489 e. The first-order chi connectivity index (χ1) is 26.2. The lowest BCUT2D eigenvalue weighted by atomic mass is 9.80. The van der Waals surface area contributed by atoms with Crippen molar-refractivity contribution in [3.05, 3.63) is 154 Å². The highest BCUT2D eigenvalue weighted by molar-refractivity contribution is 9.10. The number of benzene rings is 6. The first-order valence-corrected chi connectivity index (χ1v) is 20.9. The molecule has 14 heteroatoms. The number of ether oxygens (including phenoxy) is 2. The maximum Gasteiger partial charge on any atom is 0.489 e. The molecule has 0 unspecified atom stereocenters. The summed E-state index contributed by atoms with van der Waals surface area (Å²) < 4.78 is 10.4. The van der Waals surface area contributed by atoms with Crippen molar-refractivity contribution < 1.29 is 29.1 Å². The van der Waals surface area contributed by atoms with E-state index in [1.54, 1.807) is 77.4 Å². The molecule has 6 aromatic carbocycles. The molecular weight excluding hydrogens is 878 g/mol. The summed E-state index contributed by atoms with van der Waals surface area (Å²) in [5.74, 6) is -0.385. The summed E-state index contributed by atoms with van der Waals surface area (Å²) in [6.07, 6.45) is 0. The van der Waals surface area contributed by atoms with Gasteiger partial charge in [0.15, 0.2) is 0 Å². The van der Waals surface area contributed by atoms with Gasteiger partial charge in [0.1, 0.15) is 6.61 Å². The van der Waals surface area contributed by atoms with Gasteiger partial charge in [-0.2, -0.15) is 0 Å². The number of fused-ring (bicyclic) bond motifs is 4. The highest BCUT2D eigenvalue weighted by Gasteiger charge is 2.25. The summed E-state index contributed by atoms with van der Waals surface area (Å²) in [5, 5.41) is 19.9. The predicted octanol–water partition coefficient (Wildman–Crippen LogP) is 11.6. The zero-order chi connectivity index (χ0) is 38.2.